The Bertz CT molecular complexity index is 252. The molecule has 2 aliphatic rings. The van der Waals surface area contributed by atoms with Crippen LogP contribution in [0, 0.1) is 17.2 Å². The van der Waals surface area contributed by atoms with Gasteiger partial charge in [0.25, 0.3) is 0 Å². The maximum atomic E-state index is 8.88. The normalized spacial score (nSPS) is 34.2. The zero-order valence-corrected chi connectivity index (χ0v) is 10.5. The molecule has 0 aliphatic heterocycles. The molecule has 0 saturated heterocycles. The van der Waals surface area contributed by atoms with Gasteiger partial charge in [-0.2, -0.15) is 5.26 Å². The van der Waals surface area contributed by atoms with Crippen molar-refractivity contribution in [3.63, 3.8) is 0 Å². The first-order chi connectivity index (χ1) is 7.72. The van der Waals surface area contributed by atoms with E-state index in [4.69, 9.17) is 5.26 Å². The van der Waals surface area contributed by atoms with Gasteiger partial charge in [0.2, 0.25) is 0 Å². The van der Waals surface area contributed by atoms with Gasteiger partial charge in [0.05, 0.1) is 6.07 Å². The zero-order valence-electron chi connectivity index (χ0n) is 10.5. The molecule has 0 atom stereocenters. The van der Waals surface area contributed by atoms with Gasteiger partial charge < -0.3 is 5.32 Å². The van der Waals surface area contributed by atoms with Crippen molar-refractivity contribution >= 4 is 0 Å². The van der Waals surface area contributed by atoms with Gasteiger partial charge in [-0.15, -0.1) is 0 Å². The Balaban J connectivity index is 1.79. The summed E-state index contributed by atoms with van der Waals surface area (Å²) in [7, 11) is 0. The molecule has 0 heterocycles. The van der Waals surface area contributed by atoms with E-state index in [0.29, 0.717) is 17.5 Å². The molecular formula is C14H24N2. The fraction of sp³-hybridized carbons (Fsp3) is 0.929. The van der Waals surface area contributed by atoms with E-state index in [0.717, 1.165) is 12.8 Å². The number of hydrogen-bond acceptors (Lipinski definition) is 2. The predicted octanol–water partition coefficient (Wildman–Crippen LogP) is 3.38. The molecule has 1 N–H and O–H groups in total. The molecule has 2 saturated carbocycles. The zero-order chi connectivity index (χ0) is 11.4. The maximum absolute atomic E-state index is 8.88. The molecule has 0 spiro atoms. The Kier molecular flexibility index (Phi) is 3.86. The minimum Gasteiger partial charge on any atom is -0.309 e. The number of rotatable bonds is 2. The van der Waals surface area contributed by atoms with Crippen molar-refractivity contribution in [1.29, 1.82) is 5.26 Å². The first-order valence-corrected chi connectivity index (χ1v) is 6.89. The average molecular weight is 220 g/mol. The third-order valence-electron chi connectivity index (χ3n) is 4.42. The lowest BCUT2D eigenvalue weighted by Crippen LogP contribution is -2.50. The van der Waals surface area contributed by atoms with E-state index >= 15 is 0 Å². The van der Waals surface area contributed by atoms with Crippen LogP contribution in [0.5, 0.6) is 0 Å². The summed E-state index contributed by atoms with van der Waals surface area (Å²) in [6, 6.07) is 3.08. The minimum atomic E-state index is 0.331. The molecule has 0 amide bonds. The molecule has 0 aromatic heterocycles. The quantitative estimate of drug-likeness (QED) is 0.774. The van der Waals surface area contributed by atoms with Gasteiger partial charge in [-0.25, -0.2) is 0 Å². The van der Waals surface area contributed by atoms with Gasteiger partial charge in [0, 0.05) is 17.5 Å². The molecular weight excluding hydrogens is 196 g/mol. The summed E-state index contributed by atoms with van der Waals surface area (Å²) in [5.74, 6) is 0.331. The predicted molar refractivity (Wildman–Crippen MR) is 66.0 cm³/mol. The second-order valence-electron chi connectivity index (χ2n) is 5.94. The van der Waals surface area contributed by atoms with Gasteiger partial charge in [0.1, 0.15) is 0 Å². The standard InChI is InChI=1S/C14H24N2/c1-14(9-3-2-4-10-14)16-13-7-5-12(11-15)6-8-13/h12-13,16H,2-10H2,1H3. The van der Waals surface area contributed by atoms with Crippen molar-refractivity contribution < 1.29 is 0 Å². The molecule has 90 valence electrons. The van der Waals surface area contributed by atoms with Gasteiger partial charge in [0.15, 0.2) is 0 Å². The highest BCUT2D eigenvalue weighted by Crippen LogP contribution is 2.31. The number of nitriles is 1. The molecule has 2 fully saturated rings. The summed E-state index contributed by atoms with van der Waals surface area (Å²) < 4.78 is 0. The summed E-state index contributed by atoms with van der Waals surface area (Å²) in [5.41, 5.74) is 0.391. The van der Waals surface area contributed by atoms with Gasteiger partial charge in [-0.3, -0.25) is 0 Å². The minimum absolute atomic E-state index is 0.331. The van der Waals surface area contributed by atoms with Gasteiger partial charge >= 0.3 is 0 Å². The van der Waals surface area contributed by atoms with E-state index in [1.807, 2.05) is 0 Å². The Morgan fingerprint density at radius 1 is 1.06 bits per heavy atom. The Labute approximate surface area is 99.4 Å². The van der Waals surface area contributed by atoms with Gasteiger partial charge in [-0.05, 0) is 45.4 Å². The highest BCUT2D eigenvalue weighted by Gasteiger charge is 2.30. The summed E-state index contributed by atoms with van der Waals surface area (Å²) in [6.45, 7) is 2.39. The Morgan fingerprint density at radius 3 is 2.25 bits per heavy atom. The number of hydrogen-bond donors (Lipinski definition) is 1. The van der Waals surface area contributed by atoms with Crippen LogP contribution < -0.4 is 5.32 Å². The van der Waals surface area contributed by atoms with E-state index in [9.17, 15) is 0 Å². The van der Waals surface area contributed by atoms with E-state index in [2.05, 4.69) is 18.3 Å². The van der Waals surface area contributed by atoms with Crippen molar-refractivity contribution in [3.8, 4) is 6.07 Å². The smallest absolute Gasteiger partial charge is 0.0655 e. The third kappa shape index (κ3) is 2.98. The topological polar surface area (TPSA) is 35.8 Å². The molecule has 0 aromatic carbocycles. The van der Waals surface area contributed by atoms with Crippen LogP contribution in [0.2, 0.25) is 0 Å². The maximum Gasteiger partial charge on any atom is 0.0655 e. The lowest BCUT2D eigenvalue weighted by molar-refractivity contribution is 0.197. The van der Waals surface area contributed by atoms with Crippen LogP contribution in [0.4, 0.5) is 0 Å². The molecule has 2 nitrogen and oxygen atoms in total. The molecule has 0 aromatic rings. The highest BCUT2D eigenvalue weighted by atomic mass is 15.0. The lowest BCUT2D eigenvalue weighted by Gasteiger charge is -2.40. The third-order valence-corrected chi connectivity index (χ3v) is 4.42. The summed E-state index contributed by atoms with van der Waals surface area (Å²) >= 11 is 0. The molecule has 2 aliphatic carbocycles. The van der Waals surface area contributed by atoms with Crippen molar-refractivity contribution in [3.05, 3.63) is 0 Å². The second kappa shape index (κ2) is 5.19. The first-order valence-electron chi connectivity index (χ1n) is 6.89. The van der Waals surface area contributed by atoms with Crippen LogP contribution >= 0.6 is 0 Å². The van der Waals surface area contributed by atoms with Crippen LogP contribution in [0.1, 0.15) is 64.7 Å². The molecule has 0 unspecified atom stereocenters. The largest absolute Gasteiger partial charge is 0.309 e. The fourth-order valence-corrected chi connectivity index (χ4v) is 3.34. The SMILES string of the molecule is CC1(NC2CCC(C#N)CC2)CCCCC1. The first kappa shape index (κ1) is 11.9. The van der Waals surface area contributed by atoms with Crippen LogP contribution in [-0.2, 0) is 0 Å². The average Bonchev–Trinajstić information content (AvgIpc) is 2.30. The van der Waals surface area contributed by atoms with Crippen LogP contribution in [0.15, 0.2) is 0 Å². The van der Waals surface area contributed by atoms with E-state index in [1.54, 1.807) is 0 Å². The Hall–Kier alpha value is -0.550. The van der Waals surface area contributed by atoms with Crippen molar-refractivity contribution in [2.75, 3.05) is 0 Å². The number of nitrogens with zero attached hydrogens (tertiary/aromatic N) is 1. The van der Waals surface area contributed by atoms with E-state index in [-0.39, 0.29) is 0 Å². The van der Waals surface area contributed by atoms with E-state index < -0.39 is 0 Å². The van der Waals surface area contributed by atoms with Crippen LogP contribution in [0.3, 0.4) is 0 Å². The summed E-state index contributed by atoms with van der Waals surface area (Å²) in [6.07, 6.45) is 11.5. The summed E-state index contributed by atoms with van der Waals surface area (Å²) in [4.78, 5) is 0. The molecule has 0 radical (unpaired) electrons. The van der Waals surface area contributed by atoms with Crippen molar-refractivity contribution in [2.24, 2.45) is 5.92 Å². The fourth-order valence-electron chi connectivity index (χ4n) is 3.34. The van der Waals surface area contributed by atoms with Crippen LogP contribution in [0.25, 0.3) is 0 Å². The van der Waals surface area contributed by atoms with Crippen molar-refractivity contribution in [2.45, 2.75) is 76.3 Å². The highest BCUT2D eigenvalue weighted by molar-refractivity contribution is 4.94. The monoisotopic (exact) mass is 220 g/mol. The van der Waals surface area contributed by atoms with Crippen molar-refractivity contribution in [1.82, 2.24) is 5.32 Å². The Morgan fingerprint density at radius 2 is 1.69 bits per heavy atom. The van der Waals surface area contributed by atoms with Gasteiger partial charge in [-0.1, -0.05) is 19.3 Å². The lowest BCUT2D eigenvalue weighted by atomic mass is 9.80. The molecule has 16 heavy (non-hydrogen) atoms. The number of nitrogens with one attached hydrogen (secondary N) is 1. The summed E-state index contributed by atoms with van der Waals surface area (Å²) in [5, 5.41) is 12.7. The molecule has 0 bridgehead atoms. The van der Waals surface area contributed by atoms with E-state index in [1.165, 1.54) is 44.9 Å². The van der Waals surface area contributed by atoms with Crippen LogP contribution in [-0.4, -0.2) is 11.6 Å². The molecule has 2 heteroatoms. The second-order valence-corrected chi connectivity index (χ2v) is 5.94. The molecule has 2 rings (SSSR count).